The van der Waals surface area contributed by atoms with Gasteiger partial charge in [-0.2, -0.15) is 4.98 Å². The largest absolute Gasteiger partial charge is 0.396 e. The van der Waals surface area contributed by atoms with Gasteiger partial charge in [-0.05, 0) is 28.3 Å². The van der Waals surface area contributed by atoms with Gasteiger partial charge in [-0.1, -0.05) is 6.92 Å². The van der Waals surface area contributed by atoms with E-state index in [1.165, 1.54) is 0 Å². The van der Waals surface area contributed by atoms with Crippen LogP contribution in [0.2, 0.25) is 0 Å². The predicted molar refractivity (Wildman–Crippen MR) is 63.5 cm³/mol. The number of nitrogens with one attached hydrogen (secondary N) is 1. The Hall–Kier alpha value is -0.880. The second kappa shape index (κ2) is 5.87. The fourth-order valence-electron chi connectivity index (χ4n) is 1.10. The molecule has 5 nitrogen and oxygen atoms in total. The predicted octanol–water partition coefficient (Wildman–Crippen LogP) is 1.25. The number of aliphatic hydroxyl groups excluding tert-OH is 1. The summed E-state index contributed by atoms with van der Waals surface area (Å²) in [7, 11) is 0. The summed E-state index contributed by atoms with van der Waals surface area (Å²) in [5.41, 5.74) is 5.47. The van der Waals surface area contributed by atoms with Gasteiger partial charge in [0.25, 0.3) is 0 Å². The number of aromatic nitrogens is 2. The molecule has 0 radical (unpaired) electrons. The van der Waals surface area contributed by atoms with Crippen molar-refractivity contribution >= 4 is 27.7 Å². The highest BCUT2D eigenvalue weighted by atomic mass is 79.9. The van der Waals surface area contributed by atoms with Crippen LogP contribution in [0.15, 0.2) is 10.7 Å². The molecular weight excluding hydrogens is 260 g/mol. The average molecular weight is 275 g/mol. The Morgan fingerprint density at radius 3 is 3.07 bits per heavy atom. The number of nitrogens with zero attached hydrogens (tertiary/aromatic N) is 2. The molecule has 0 spiro atoms. The molecule has 1 aromatic rings. The van der Waals surface area contributed by atoms with Crippen LogP contribution in [0.25, 0.3) is 0 Å². The molecule has 1 rings (SSSR count). The summed E-state index contributed by atoms with van der Waals surface area (Å²) in [6, 6.07) is 0. The highest BCUT2D eigenvalue weighted by Crippen LogP contribution is 2.19. The Labute approximate surface area is 97.2 Å². The molecule has 0 aromatic carbocycles. The lowest BCUT2D eigenvalue weighted by molar-refractivity contribution is 0.266. The summed E-state index contributed by atoms with van der Waals surface area (Å²) < 4.78 is 0.785. The molecule has 0 amide bonds. The van der Waals surface area contributed by atoms with Crippen LogP contribution in [0.3, 0.4) is 0 Å². The van der Waals surface area contributed by atoms with E-state index in [0.29, 0.717) is 11.7 Å². The van der Waals surface area contributed by atoms with Gasteiger partial charge in [0.15, 0.2) is 0 Å². The fourth-order valence-corrected chi connectivity index (χ4v) is 1.43. The Kier molecular flexibility index (Phi) is 4.77. The Morgan fingerprint density at radius 1 is 1.67 bits per heavy atom. The normalized spacial score (nSPS) is 12.5. The van der Waals surface area contributed by atoms with Gasteiger partial charge in [-0.3, -0.25) is 0 Å². The quantitative estimate of drug-likeness (QED) is 0.753. The molecule has 0 fully saturated rings. The van der Waals surface area contributed by atoms with Crippen LogP contribution in [0.4, 0.5) is 11.8 Å². The molecule has 1 unspecified atom stereocenters. The maximum Gasteiger partial charge on any atom is 0.221 e. The molecule has 15 heavy (non-hydrogen) atoms. The van der Waals surface area contributed by atoms with Crippen LogP contribution in [0.5, 0.6) is 0 Å². The molecule has 4 N–H and O–H groups in total. The first-order valence-electron chi connectivity index (χ1n) is 4.76. The third kappa shape index (κ3) is 4.01. The average Bonchev–Trinajstić information content (AvgIpc) is 2.20. The zero-order chi connectivity index (χ0) is 11.3. The molecule has 84 valence electrons. The van der Waals surface area contributed by atoms with E-state index in [1.54, 1.807) is 6.20 Å². The molecule has 0 saturated heterocycles. The van der Waals surface area contributed by atoms with E-state index in [4.69, 9.17) is 10.8 Å². The summed E-state index contributed by atoms with van der Waals surface area (Å²) in [6.07, 6.45) is 2.38. The van der Waals surface area contributed by atoms with Gasteiger partial charge < -0.3 is 16.2 Å². The van der Waals surface area contributed by atoms with Crippen molar-refractivity contribution in [2.24, 2.45) is 5.92 Å². The molecule has 1 heterocycles. The first-order chi connectivity index (χ1) is 7.13. The lowest BCUT2D eigenvalue weighted by Crippen LogP contribution is -2.14. The van der Waals surface area contributed by atoms with Crippen molar-refractivity contribution in [1.29, 1.82) is 0 Å². The van der Waals surface area contributed by atoms with Crippen LogP contribution in [0.1, 0.15) is 13.3 Å². The van der Waals surface area contributed by atoms with Gasteiger partial charge in [-0.25, -0.2) is 4.98 Å². The SMILES string of the molecule is CC(CCO)CNc1nc(N)ncc1Br. The molecule has 0 aliphatic rings. The molecule has 0 bridgehead atoms. The molecule has 0 saturated carbocycles. The van der Waals surface area contributed by atoms with Crippen molar-refractivity contribution in [3.05, 3.63) is 10.7 Å². The van der Waals surface area contributed by atoms with Crippen molar-refractivity contribution in [2.75, 3.05) is 24.2 Å². The van der Waals surface area contributed by atoms with E-state index in [2.05, 4.69) is 38.1 Å². The maximum absolute atomic E-state index is 8.75. The third-order valence-electron chi connectivity index (χ3n) is 2.00. The first kappa shape index (κ1) is 12.2. The number of nitrogen functional groups attached to an aromatic ring is 1. The highest BCUT2D eigenvalue weighted by molar-refractivity contribution is 9.10. The van der Waals surface area contributed by atoms with Crippen LogP contribution in [0, 0.1) is 5.92 Å². The second-order valence-corrected chi connectivity index (χ2v) is 4.28. The van der Waals surface area contributed by atoms with Crippen LogP contribution < -0.4 is 11.1 Å². The number of aliphatic hydroxyl groups is 1. The Morgan fingerprint density at radius 2 is 2.40 bits per heavy atom. The first-order valence-corrected chi connectivity index (χ1v) is 5.55. The number of hydrogen-bond donors (Lipinski definition) is 3. The van der Waals surface area contributed by atoms with Crippen molar-refractivity contribution in [2.45, 2.75) is 13.3 Å². The minimum atomic E-state index is 0.204. The molecule has 1 aromatic heterocycles. The van der Waals surface area contributed by atoms with Gasteiger partial charge in [0, 0.05) is 19.3 Å². The minimum absolute atomic E-state index is 0.204. The van der Waals surface area contributed by atoms with E-state index >= 15 is 0 Å². The molecule has 0 aliphatic heterocycles. The summed E-state index contributed by atoms with van der Waals surface area (Å²) in [5, 5.41) is 11.9. The maximum atomic E-state index is 8.75. The third-order valence-corrected chi connectivity index (χ3v) is 2.58. The zero-order valence-electron chi connectivity index (χ0n) is 8.57. The number of nitrogens with two attached hydrogens (primary N) is 1. The molecule has 1 atom stereocenters. The lowest BCUT2D eigenvalue weighted by Gasteiger charge is -2.12. The summed E-state index contributed by atoms with van der Waals surface area (Å²) in [5.74, 6) is 1.32. The van der Waals surface area contributed by atoms with E-state index < -0.39 is 0 Å². The Bertz CT molecular complexity index is 321. The van der Waals surface area contributed by atoms with E-state index in [1.807, 2.05) is 0 Å². The topological polar surface area (TPSA) is 84.1 Å². The van der Waals surface area contributed by atoms with Gasteiger partial charge in [-0.15, -0.1) is 0 Å². The van der Waals surface area contributed by atoms with Crippen LogP contribution in [-0.4, -0.2) is 28.2 Å². The lowest BCUT2D eigenvalue weighted by atomic mass is 10.1. The number of rotatable bonds is 5. The van der Waals surface area contributed by atoms with Crippen molar-refractivity contribution in [3.63, 3.8) is 0 Å². The summed E-state index contributed by atoms with van der Waals surface area (Å²) in [4.78, 5) is 7.89. The standard InChI is InChI=1S/C9H15BrN4O/c1-6(2-3-15)4-12-8-7(10)5-13-9(11)14-8/h5-6,15H,2-4H2,1H3,(H3,11,12,13,14). The Balaban J connectivity index is 2.53. The van der Waals surface area contributed by atoms with Crippen molar-refractivity contribution in [1.82, 2.24) is 9.97 Å². The number of hydrogen-bond acceptors (Lipinski definition) is 5. The number of halogens is 1. The summed E-state index contributed by atoms with van der Waals surface area (Å²) in [6.45, 7) is 3.01. The fraction of sp³-hybridized carbons (Fsp3) is 0.556. The minimum Gasteiger partial charge on any atom is -0.396 e. The molecule has 6 heteroatoms. The van der Waals surface area contributed by atoms with Gasteiger partial charge >= 0.3 is 0 Å². The van der Waals surface area contributed by atoms with Gasteiger partial charge in [0.1, 0.15) is 5.82 Å². The van der Waals surface area contributed by atoms with E-state index in [-0.39, 0.29) is 12.6 Å². The molecular formula is C9H15BrN4O. The van der Waals surface area contributed by atoms with Crippen LogP contribution in [-0.2, 0) is 0 Å². The van der Waals surface area contributed by atoms with Crippen molar-refractivity contribution in [3.8, 4) is 0 Å². The summed E-state index contributed by atoms with van der Waals surface area (Å²) >= 11 is 3.33. The number of anilines is 2. The van der Waals surface area contributed by atoms with Crippen molar-refractivity contribution < 1.29 is 5.11 Å². The van der Waals surface area contributed by atoms with Gasteiger partial charge in [0.2, 0.25) is 5.95 Å². The monoisotopic (exact) mass is 274 g/mol. The highest BCUT2D eigenvalue weighted by Gasteiger charge is 2.05. The molecule has 0 aliphatic carbocycles. The van der Waals surface area contributed by atoms with E-state index in [0.717, 1.165) is 17.4 Å². The van der Waals surface area contributed by atoms with Gasteiger partial charge in [0.05, 0.1) is 4.47 Å². The van der Waals surface area contributed by atoms with E-state index in [9.17, 15) is 0 Å². The van der Waals surface area contributed by atoms with Crippen LogP contribution >= 0.6 is 15.9 Å². The zero-order valence-corrected chi connectivity index (χ0v) is 10.2. The second-order valence-electron chi connectivity index (χ2n) is 3.42. The smallest absolute Gasteiger partial charge is 0.221 e.